The van der Waals surface area contributed by atoms with Crippen LogP contribution in [0, 0.1) is 0 Å². The number of hydrogen-bond donors (Lipinski definition) is 2. The molecule has 6 rings (SSSR count). The number of nitrogens with one attached hydrogen (secondary N) is 2. The number of nitrogens with zero attached hydrogens (tertiary/aromatic N) is 3. The van der Waals surface area contributed by atoms with Crippen molar-refractivity contribution in [2.24, 2.45) is 0 Å². The molecule has 5 amide bonds. The smallest absolute Gasteiger partial charge is 0.261 e. The van der Waals surface area contributed by atoms with Gasteiger partial charge in [0.25, 0.3) is 11.8 Å². The lowest BCUT2D eigenvalue weighted by Gasteiger charge is -2.32. The zero-order valence-electron chi connectivity index (χ0n) is 31.2. The van der Waals surface area contributed by atoms with E-state index in [0.717, 1.165) is 47.5 Å². The van der Waals surface area contributed by atoms with Crippen molar-refractivity contribution < 1.29 is 28.8 Å². The van der Waals surface area contributed by atoms with E-state index in [-0.39, 0.29) is 47.8 Å². The van der Waals surface area contributed by atoms with Crippen molar-refractivity contribution in [1.29, 1.82) is 0 Å². The summed E-state index contributed by atoms with van der Waals surface area (Å²) >= 11 is 2.85. The van der Waals surface area contributed by atoms with E-state index in [9.17, 15) is 28.8 Å². The number of unbranched alkanes of at least 4 members (excludes halogenated alkanes) is 1. The fourth-order valence-electron chi connectivity index (χ4n) is 7.60. The lowest BCUT2D eigenvalue weighted by atomic mass is 9.90. The molecule has 2 N–H and O–H groups in total. The Kier molecular flexibility index (Phi) is 14.2. The van der Waals surface area contributed by atoms with Crippen LogP contribution in [0.5, 0.6) is 0 Å². The molecule has 3 aromatic rings. The first kappa shape index (κ1) is 40.2. The molecule has 3 aromatic carbocycles. The molecule has 0 aromatic heterocycles. The molecule has 3 heterocycles. The number of rotatable bonds is 15. The minimum atomic E-state index is -0.932. The molecular weight excluding hydrogens is 735 g/mol. The number of likely N-dealkylation sites (tertiary alicyclic amines) is 1. The minimum absolute atomic E-state index is 0.0631. The Hall–Kier alpha value is -4.46. The maximum absolute atomic E-state index is 14.6. The third kappa shape index (κ3) is 10.2. The van der Waals surface area contributed by atoms with Gasteiger partial charge in [0.2, 0.25) is 22.8 Å². The first-order chi connectivity index (χ1) is 26.7. The summed E-state index contributed by atoms with van der Waals surface area (Å²) in [6.07, 6.45) is 2.49. The molecule has 2 saturated heterocycles. The molecular formula is C42H49N5O6S2. The number of hydrogen-bond acceptors (Lipinski definition) is 9. The highest BCUT2D eigenvalue weighted by Gasteiger charge is 2.40. The first-order valence-electron chi connectivity index (χ1n) is 19.1. The van der Waals surface area contributed by atoms with Crippen molar-refractivity contribution in [3.8, 4) is 0 Å². The molecule has 0 saturated carbocycles. The van der Waals surface area contributed by atoms with Crippen molar-refractivity contribution in [1.82, 2.24) is 25.3 Å². The van der Waals surface area contributed by atoms with Gasteiger partial charge in [-0.1, -0.05) is 91.0 Å². The summed E-state index contributed by atoms with van der Waals surface area (Å²) in [7, 11) is 1.56. The summed E-state index contributed by atoms with van der Waals surface area (Å²) < 4.78 is 0. The average Bonchev–Trinajstić information content (AvgIpc) is 3.34. The van der Waals surface area contributed by atoms with Gasteiger partial charge in [-0.05, 0) is 54.9 Å². The molecule has 2 fully saturated rings. The minimum Gasteiger partial charge on any atom is -0.357 e. The van der Waals surface area contributed by atoms with E-state index in [1.54, 1.807) is 36.2 Å². The van der Waals surface area contributed by atoms with Gasteiger partial charge in [0, 0.05) is 51.2 Å². The third-order valence-corrected chi connectivity index (χ3v) is 12.7. The van der Waals surface area contributed by atoms with Crippen LogP contribution in [0.4, 0.5) is 0 Å². The predicted molar refractivity (Wildman–Crippen MR) is 216 cm³/mol. The summed E-state index contributed by atoms with van der Waals surface area (Å²) in [4.78, 5) is 86.6. The maximum Gasteiger partial charge on any atom is 0.261 e. The van der Waals surface area contributed by atoms with Gasteiger partial charge in [-0.15, -0.1) is 0 Å². The van der Waals surface area contributed by atoms with Gasteiger partial charge in [0.1, 0.15) is 12.1 Å². The number of fused-ring (bicyclic) bond motifs is 1. The standard InChI is InChI=1S/C42H49N5O6S2/c1-43-38(49)35(26-29-12-4-2-5-13-29)46-21-19-31(30-14-6-3-7-15-30)27-34(42(46)53)44-39(50)36(55-37(48)28-45-22-24-54-25-23-45)18-10-11-20-47-40(51)32-16-8-9-17-33(32)41(47)52/h2-9,12-17,31,34-36H,10-11,18-28H2,1H3,(H,43,49)(H,44,50)/t31-,34-,35-,36?/m0/s1. The Bertz CT molecular complexity index is 1800. The Morgan fingerprint density at radius 1 is 0.818 bits per heavy atom. The fraction of sp³-hybridized carbons (Fsp3) is 0.429. The molecule has 0 bridgehead atoms. The molecule has 4 atom stereocenters. The van der Waals surface area contributed by atoms with Crippen LogP contribution in [0.25, 0.3) is 0 Å². The molecule has 3 aliphatic heterocycles. The number of benzene rings is 3. The van der Waals surface area contributed by atoms with Crippen molar-refractivity contribution >= 4 is 58.2 Å². The second-order valence-corrected chi connectivity index (χ2v) is 16.7. The molecule has 3 aliphatic rings. The van der Waals surface area contributed by atoms with Crippen molar-refractivity contribution in [3.63, 3.8) is 0 Å². The molecule has 13 heteroatoms. The Balaban J connectivity index is 1.19. The molecule has 11 nitrogen and oxygen atoms in total. The SMILES string of the molecule is CNC(=O)[C@H](Cc1ccccc1)N1CC[C@H](c2ccccc2)C[C@H](NC(=O)C(CCCCN2C(=O)c3ccccc3C2=O)SC(=O)CN2CCSCC2)C1=O. The van der Waals surface area contributed by atoms with Crippen LogP contribution in [0.2, 0.25) is 0 Å². The van der Waals surface area contributed by atoms with Crippen LogP contribution in [0.3, 0.4) is 0 Å². The van der Waals surface area contributed by atoms with Crippen molar-refractivity contribution in [3.05, 3.63) is 107 Å². The molecule has 1 unspecified atom stereocenters. The summed E-state index contributed by atoms with van der Waals surface area (Å²) in [5, 5.41) is 4.89. The second-order valence-electron chi connectivity index (χ2n) is 14.2. The molecule has 290 valence electrons. The zero-order valence-corrected chi connectivity index (χ0v) is 32.8. The summed E-state index contributed by atoms with van der Waals surface area (Å²) in [6.45, 7) is 2.36. The number of carbonyl (C=O) groups is 6. The second kappa shape index (κ2) is 19.4. The Morgan fingerprint density at radius 3 is 2.11 bits per heavy atom. The van der Waals surface area contributed by atoms with Crippen LogP contribution in [-0.4, -0.2) is 118 Å². The van der Waals surface area contributed by atoms with Gasteiger partial charge in [0.05, 0.1) is 22.9 Å². The number of likely N-dealkylation sites (N-methyl/N-ethyl adjacent to an activating group) is 1. The van der Waals surface area contributed by atoms with Crippen LogP contribution in [0.1, 0.15) is 69.9 Å². The van der Waals surface area contributed by atoms with Gasteiger partial charge in [-0.2, -0.15) is 11.8 Å². The predicted octanol–water partition coefficient (Wildman–Crippen LogP) is 4.38. The molecule has 0 aliphatic carbocycles. The lowest BCUT2D eigenvalue weighted by molar-refractivity contribution is -0.142. The molecule has 0 radical (unpaired) electrons. The highest BCUT2D eigenvalue weighted by molar-refractivity contribution is 8.14. The third-order valence-electron chi connectivity index (χ3n) is 10.6. The van der Waals surface area contributed by atoms with E-state index in [4.69, 9.17) is 0 Å². The number of thioether (sulfide) groups is 2. The number of carbonyl (C=O) groups excluding carboxylic acids is 6. The van der Waals surface area contributed by atoms with Crippen LogP contribution >= 0.6 is 23.5 Å². The lowest BCUT2D eigenvalue weighted by Crippen LogP contribution is -2.56. The van der Waals surface area contributed by atoms with E-state index in [0.29, 0.717) is 56.2 Å². The maximum atomic E-state index is 14.6. The highest BCUT2D eigenvalue weighted by Crippen LogP contribution is 2.31. The highest BCUT2D eigenvalue weighted by atomic mass is 32.2. The van der Waals surface area contributed by atoms with E-state index in [2.05, 4.69) is 15.5 Å². The monoisotopic (exact) mass is 783 g/mol. The van der Waals surface area contributed by atoms with Gasteiger partial charge in [0.15, 0.2) is 0 Å². The largest absolute Gasteiger partial charge is 0.357 e. The topological polar surface area (TPSA) is 136 Å². The molecule has 0 spiro atoms. The van der Waals surface area contributed by atoms with Gasteiger partial charge >= 0.3 is 0 Å². The fourth-order valence-corrected chi connectivity index (χ4v) is 9.62. The molecule has 55 heavy (non-hydrogen) atoms. The van der Waals surface area contributed by atoms with Gasteiger partial charge < -0.3 is 15.5 Å². The van der Waals surface area contributed by atoms with E-state index in [1.807, 2.05) is 72.4 Å². The number of amides is 5. The van der Waals surface area contributed by atoms with Gasteiger partial charge in [-0.3, -0.25) is 38.6 Å². The van der Waals surface area contributed by atoms with Gasteiger partial charge in [-0.25, -0.2) is 0 Å². The van der Waals surface area contributed by atoms with E-state index < -0.39 is 23.2 Å². The Labute approximate surface area is 331 Å². The quantitative estimate of drug-likeness (QED) is 0.170. The zero-order chi connectivity index (χ0) is 38.7. The number of imide groups is 1. The van der Waals surface area contributed by atoms with Crippen LogP contribution in [0.15, 0.2) is 84.9 Å². The van der Waals surface area contributed by atoms with Crippen LogP contribution in [-0.2, 0) is 25.6 Å². The average molecular weight is 784 g/mol. The summed E-state index contributed by atoms with van der Waals surface area (Å²) in [6, 6.07) is 24.5. The summed E-state index contributed by atoms with van der Waals surface area (Å²) in [5.41, 5.74) is 2.74. The Morgan fingerprint density at radius 2 is 1.45 bits per heavy atom. The summed E-state index contributed by atoms with van der Waals surface area (Å²) in [5.74, 6) is 0.146. The van der Waals surface area contributed by atoms with E-state index in [1.165, 1.54) is 4.90 Å². The van der Waals surface area contributed by atoms with Crippen LogP contribution < -0.4 is 10.6 Å². The van der Waals surface area contributed by atoms with Crippen molar-refractivity contribution in [2.45, 2.75) is 61.8 Å². The van der Waals surface area contributed by atoms with Crippen molar-refractivity contribution in [2.75, 3.05) is 51.3 Å². The first-order valence-corrected chi connectivity index (χ1v) is 21.1. The normalized spacial score (nSPS) is 20.1. The van der Waals surface area contributed by atoms with E-state index >= 15 is 0 Å².